The van der Waals surface area contributed by atoms with E-state index in [9.17, 15) is 4.79 Å². The number of rotatable bonds is 11. The van der Waals surface area contributed by atoms with Gasteiger partial charge in [-0.2, -0.15) is 0 Å². The lowest BCUT2D eigenvalue weighted by Gasteiger charge is -2.17. The smallest absolute Gasteiger partial charge is 0.248 e. The van der Waals surface area contributed by atoms with Crippen molar-refractivity contribution in [1.29, 1.82) is 0 Å². The van der Waals surface area contributed by atoms with Gasteiger partial charge in [-0.05, 0) is 19.8 Å². The highest BCUT2D eigenvalue weighted by molar-refractivity contribution is 5.92. The maximum Gasteiger partial charge on any atom is 0.248 e. The Bertz CT molecular complexity index is 239. The van der Waals surface area contributed by atoms with Crippen LogP contribution in [0.15, 0.2) is 12.2 Å². The van der Waals surface area contributed by atoms with Crippen molar-refractivity contribution in [2.75, 3.05) is 7.11 Å². The van der Waals surface area contributed by atoms with Crippen LogP contribution < -0.4 is 5.32 Å². The lowest BCUT2D eigenvalue weighted by atomic mass is 10.1. The van der Waals surface area contributed by atoms with E-state index in [0.717, 1.165) is 12.8 Å². The van der Waals surface area contributed by atoms with Gasteiger partial charge in [0.1, 0.15) is 6.23 Å². The number of amides is 1. The molecule has 0 aromatic rings. The molecule has 0 spiro atoms. The molecule has 0 fully saturated rings. The molecular formula is C15H29NO2. The number of hydrogen-bond acceptors (Lipinski definition) is 2. The second-order valence-electron chi connectivity index (χ2n) is 4.89. The fraction of sp³-hybridized carbons (Fsp3) is 0.800. The largest absolute Gasteiger partial charge is 0.362 e. The summed E-state index contributed by atoms with van der Waals surface area (Å²) >= 11 is 0. The summed E-state index contributed by atoms with van der Waals surface area (Å²) in [6.07, 6.45) is 9.60. The standard InChI is InChI=1S/C15H29NO2/c1-5-6-7-8-9-10-11-12-14(18-4)16-15(17)13(2)3/h14H,2,5-12H2,1,3-4H3,(H,16,17). The molecule has 0 rings (SSSR count). The van der Waals surface area contributed by atoms with Gasteiger partial charge in [-0.15, -0.1) is 0 Å². The van der Waals surface area contributed by atoms with Crippen molar-refractivity contribution in [1.82, 2.24) is 5.32 Å². The van der Waals surface area contributed by atoms with E-state index in [-0.39, 0.29) is 12.1 Å². The zero-order valence-corrected chi connectivity index (χ0v) is 12.3. The van der Waals surface area contributed by atoms with E-state index in [1.165, 1.54) is 38.5 Å². The minimum atomic E-state index is -0.176. The number of unbranched alkanes of at least 4 members (excludes halogenated alkanes) is 6. The molecule has 18 heavy (non-hydrogen) atoms. The van der Waals surface area contributed by atoms with E-state index in [1.807, 2.05) is 0 Å². The van der Waals surface area contributed by atoms with Gasteiger partial charge in [0.05, 0.1) is 0 Å². The number of hydrogen-bond donors (Lipinski definition) is 1. The molecule has 0 heterocycles. The minimum absolute atomic E-state index is 0.121. The molecule has 1 amide bonds. The number of nitrogens with one attached hydrogen (secondary N) is 1. The summed E-state index contributed by atoms with van der Waals surface area (Å²) in [5.41, 5.74) is 0.525. The quantitative estimate of drug-likeness (QED) is 0.346. The van der Waals surface area contributed by atoms with Gasteiger partial charge in [0, 0.05) is 12.7 Å². The summed E-state index contributed by atoms with van der Waals surface area (Å²) in [7, 11) is 1.63. The molecule has 0 aliphatic carbocycles. The van der Waals surface area contributed by atoms with Crippen LogP contribution in [-0.4, -0.2) is 19.2 Å². The van der Waals surface area contributed by atoms with Gasteiger partial charge in [0.25, 0.3) is 0 Å². The lowest BCUT2D eigenvalue weighted by Crippen LogP contribution is -2.36. The maximum absolute atomic E-state index is 11.4. The average molecular weight is 255 g/mol. The van der Waals surface area contributed by atoms with Gasteiger partial charge in [-0.25, -0.2) is 0 Å². The van der Waals surface area contributed by atoms with Crippen molar-refractivity contribution in [2.24, 2.45) is 0 Å². The Morgan fingerprint density at radius 2 is 1.72 bits per heavy atom. The summed E-state index contributed by atoms with van der Waals surface area (Å²) in [4.78, 5) is 11.4. The fourth-order valence-corrected chi connectivity index (χ4v) is 1.81. The first-order valence-corrected chi connectivity index (χ1v) is 7.11. The SMILES string of the molecule is C=C(C)C(=O)NC(CCCCCCCCC)OC. The Labute approximate surface area is 112 Å². The first-order chi connectivity index (χ1) is 8.61. The van der Waals surface area contributed by atoms with E-state index >= 15 is 0 Å². The predicted molar refractivity (Wildman–Crippen MR) is 76.4 cm³/mol. The molecule has 0 bridgehead atoms. The number of ether oxygens (including phenoxy) is 1. The molecule has 1 unspecified atom stereocenters. The molecule has 3 nitrogen and oxygen atoms in total. The van der Waals surface area contributed by atoms with Gasteiger partial charge >= 0.3 is 0 Å². The molecule has 0 aromatic carbocycles. The van der Waals surface area contributed by atoms with Gasteiger partial charge in [-0.3, -0.25) is 4.79 Å². The van der Waals surface area contributed by atoms with Crippen LogP contribution in [0.1, 0.15) is 65.2 Å². The predicted octanol–water partition coefficient (Wildman–Crippen LogP) is 3.79. The van der Waals surface area contributed by atoms with Crippen LogP contribution in [0, 0.1) is 0 Å². The summed E-state index contributed by atoms with van der Waals surface area (Å²) in [6, 6.07) is 0. The second-order valence-corrected chi connectivity index (χ2v) is 4.89. The number of carbonyl (C=O) groups is 1. The highest BCUT2D eigenvalue weighted by Gasteiger charge is 2.10. The Morgan fingerprint density at radius 1 is 1.17 bits per heavy atom. The Hall–Kier alpha value is -0.830. The normalized spacial score (nSPS) is 12.2. The molecule has 0 aromatic heterocycles. The van der Waals surface area contributed by atoms with Gasteiger partial charge in [0.2, 0.25) is 5.91 Å². The molecule has 1 N–H and O–H groups in total. The lowest BCUT2D eigenvalue weighted by molar-refractivity contribution is -0.121. The summed E-state index contributed by atoms with van der Waals surface area (Å²) in [5, 5.41) is 2.82. The molecule has 3 heteroatoms. The van der Waals surface area contributed by atoms with E-state index < -0.39 is 0 Å². The third-order valence-corrected chi connectivity index (χ3v) is 3.03. The highest BCUT2D eigenvalue weighted by atomic mass is 16.5. The first-order valence-electron chi connectivity index (χ1n) is 7.11. The molecule has 0 aliphatic rings. The van der Waals surface area contributed by atoms with Crippen LogP contribution in [0.4, 0.5) is 0 Å². The van der Waals surface area contributed by atoms with E-state index in [4.69, 9.17) is 4.74 Å². The monoisotopic (exact) mass is 255 g/mol. The first kappa shape index (κ1) is 17.2. The fourth-order valence-electron chi connectivity index (χ4n) is 1.81. The molecule has 1 atom stereocenters. The van der Waals surface area contributed by atoms with Crippen molar-refractivity contribution in [2.45, 2.75) is 71.4 Å². The van der Waals surface area contributed by atoms with Crippen LogP contribution in [0.5, 0.6) is 0 Å². The molecule has 106 valence electrons. The van der Waals surface area contributed by atoms with Crippen LogP contribution in [0.3, 0.4) is 0 Å². The number of methoxy groups -OCH3 is 1. The third-order valence-electron chi connectivity index (χ3n) is 3.03. The van der Waals surface area contributed by atoms with E-state index in [0.29, 0.717) is 5.57 Å². The Balaban J connectivity index is 3.56. The zero-order chi connectivity index (χ0) is 13.8. The summed E-state index contributed by atoms with van der Waals surface area (Å²) in [5.74, 6) is -0.121. The van der Waals surface area contributed by atoms with Gasteiger partial charge in [-0.1, -0.05) is 52.0 Å². The van der Waals surface area contributed by atoms with Crippen molar-refractivity contribution < 1.29 is 9.53 Å². The zero-order valence-electron chi connectivity index (χ0n) is 12.3. The molecule has 0 radical (unpaired) electrons. The maximum atomic E-state index is 11.4. The minimum Gasteiger partial charge on any atom is -0.362 e. The topological polar surface area (TPSA) is 38.3 Å². The van der Waals surface area contributed by atoms with Crippen molar-refractivity contribution in [3.63, 3.8) is 0 Å². The van der Waals surface area contributed by atoms with Crippen molar-refractivity contribution >= 4 is 5.91 Å². The van der Waals surface area contributed by atoms with Crippen LogP contribution in [0.25, 0.3) is 0 Å². The molecule has 0 saturated heterocycles. The Morgan fingerprint density at radius 3 is 2.22 bits per heavy atom. The molecule has 0 saturated carbocycles. The molecule has 0 aliphatic heterocycles. The Kier molecular flexibility index (Phi) is 10.8. The van der Waals surface area contributed by atoms with Gasteiger partial charge in [0.15, 0.2) is 0 Å². The average Bonchev–Trinajstić information content (AvgIpc) is 2.35. The van der Waals surface area contributed by atoms with Gasteiger partial charge < -0.3 is 10.1 Å². The summed E-state index contributed by atoms with van der Waals surface area (Å²) < 4.78 is 5.24. The summed E-state index contributed by atoms with van der Waals surface area (Å²) in [6.45, 7) is 7.55. The third kappa shape index (κ3) is 9.23. The van der Waals surface area contributed by atoms with E-state index in [2.05, 4.69) is 18.8 Å². The van der Waals surface area contributed by atoms with Crippen molar-refractivity contribution in [3.8, 4) is 0 Å². The van der Waals surface area contributed by atoms with Crippen molar-refractivity contribution in [3.05, 3.63) is 12.2 Å². The molecular weight excluding hydrogens is 226 g/mol. The highest BCUT2D eigenvalue weighted by Crippen LogP contribution is 2.10. The second kappa shape index (κ2) is 11.3. The van der Waals surface area contributed by atoms with Crippen LogP contribution >= 0.6 is 0 Å². The van der Waals surface area contributed by atoms with E-state index in [1.54, 1.807) is 14.0 Å². The van der Waals surface area contributed by atoms with Crippen LogP contribution in [-0.2, 0) is 9.53 Å². The van der Waals surface area contributed by atoms with Crippen LogP contribution in [0.2, 0.25) is 0 Å². The number of carbonyl (C=O) groups excluding carboxylic acids is 1.